The lowest BCUT2D eigenvalue weighted by atomic mass is 10.1. The highest BCUT2D eigenvalue weighted by molar-refractivity contribution is 6.04. The van der Waals surface area contributed by atoms with Crippen LogP contribution >= 0.6 is 0 Å². The quantitative estimate of drug-likeness (QED) is 0.775. The minimum absolute atomic E-state index is 0.0974. The molecule has 0 spiro atoms. The molecule has 9 heteroatoms. The lowest BCUT2D eigenvalue weighted by molar-refractivity contribution is -0.139. The molecule has 0 N–H and O–H groups in total. The molecule has 0 unspecified atom stereocenters. The van der Waals surface area contributed by atoms with E-state index in [4.69, 9.17) is 9.15 Å². The van der Waals surface area contributed by atoms with E-state index in [-0.39, 0.29) is 19.0 Å². The number of rotatable bonds is 4. The third kappa shape index (κ3) is 3.01. The van der Waals surface area contributed by atoms with Crippen LogP contribution in [0.1, 0.15) is 25.6 Å². The molecule has 1 aromatic heterocycles. The number of carbonyl (C=O) groups excluding carboxylic acids is 3. The van der Waals surface area contributed by atoms with E-state index in [0.717, 1.165) is 4.90 Å². The van der Waals surface area contributed by atoms with E-state index in [1.54, 1.807) is 6.92 Å². The molecule has 1 saturated heterocycles. The number of amides is 3. The Balaban J connectivity index is 1.98. The van der Waals surface area contributed by atoms with Crippen LogP contribution in [-0.4, -0.2) is 57.1 Å². The maximum Gasteiger partial charge on any atom is 0.418 e. The summed E-state index contributed by atoms with van der Waals surface area (Å²) in [6.45, 7) is 4.30. The van der Waals surface area contributed by atoms with Gasteiger partial charge in [-0.15, -0.1) is 10.2 Å². The highest BCUT2D eigenvalue weighted by Gasteiger charge is 2.47. The Morgan fingerprint density at radius 2 is 2.00 bits per heavy atom. The van der Waals surface area contributed by atoms with Gasteiger partial charge in [-0.25, -0.2) is 9.69 Å². The summed E-state index contributed by atoms with van der Waals surface area (Å²) in [6.07, 6.45) is -0.819. The first kappa shape index (κ1) is 14.9. The zero-order chi connectivity index (χ0) is 15.8. The molecule has 1 aliphatic heterocycles. The van der Waals surface area contributed by atoms with E-state index in [9.17, 15) is 14.4 Å². The van der Waals surface area contributed by atoms with E-state index in [1.807, 2.05) is 0 Å². The second-order valence-electron chi connectivity index (χ2n) is 5.23. The summed E-state index contributed by atoms with van der Waals surface area (Å²) in [5.74, 6) is -0.304. The fraction of sp³-hybridized carbons (Fsp3) is 0.583. The van der Waals surface area contributed by atoms with Crippen molar-refractivity contribution in [3.05, 3.63) is 11.8 Å². The van der Waals surface area contributed by atoms with Crippen molar-refractivity contribution in [1.82, 2.24) is 20.0 Å². The molecule has 1 aliphatic rings. The van der Waals surface area contributed by atoms with Gasteiger partial charge in [0, 0.05) is 14.0 Å². The highest BCUT2D eigenvalue weighted by Crippen LogP contribution is 2.23. The minimum Gasteiger partial charge on any atom is -0.433 e. The predicted molar refractivity (Wildman–Crippen MR) is 67.8 cm³/mol. The monoisotopic (exact) mass is 296 g/mol. The van der Waals surface area contributed by atoms with Crippen LogP contribution in [0.2, 0.25) is 0 Å². The van der Waals surface area contributed by atoms with Crippen LogP contribution in [0.25, 0.3) is 0 Å². The van der Waals surface area contributed by atoms with Gasteiger partial charge in [-0.1, -0.05) is 0 Å². The topological polar surface area (TPSA) is 106 Å². The van der Waals surface area contributed by atoms with Gasteiger partial charge >= 0.3 is 6.09 Å². The van der Waals surface area contributed by atoms with Crippen LogP contribution in [0.4, 0.5) is 4.79 Å². The van der Waals surface area contributed by atoms with Crippen LogP contribution < -0.4 is 0 Å². The summed E-state index contributed by atoms with van der Waals surface area (Å²) in [7, 11) is 1.51. The summed E-state index contributed by atoms with van der Waals surface area (Å²) in [4.78, 5) is 37.6. The van der Waals surface area contributed by atoms with Crippen LogP contribution in [0.5, 0.6) is 0 Å². The molecule has 0 saturated carbocycles. The van der Waals surface area contributed by atoms with E-state index < -0.39 is 23.5 Å². The van der Waals surface area contributed by atoms with E-state index >= 15 is 0 Å². The van der Waals surface area contributed by atoms with Gasteiger partial charge in [-0.3, -0.25) is 9.59 Å². The number of nitrogens with zero attached hydrogens (tertiary/aromatic N) is 4. The molecule has 0 aliphatic carbocycles. The minimum atomic E-state index is -1.24. The van der Waals surface area contributed by atoms with Gasteiger partial charge < -0.3 is 14.1 Å². The van der Waals surface area contributed by atoms with E-state index in [1.165, 1.54) is 25.8 Å². The summed E-state index contributed by atoms with van der Waals surface area (Å²) in [5, 5.41) is 7.42. The average molecular weight is 296 g/mol. The van der Waals surface area contributed by atoms with Crippen LogP contribution in [0, 0.1) is 6.92 Å². The van der Waals surface area contributed by atoms with Crippen molar-refractivity contribution in [2.24, 2.45) is 0 Å². The van der Waals surface area contributed by atoms with Gasteiger partial charge in [0.2, 0.25) is 17.7 Å². The SMILES string of the molecule is Cc1nnc(CN(C)C(=O)CN2C(=O)OC(C)(C)C2=O)o1. The van der Waals surface area contributed by atoms with E-state index in [0.29, 0.717) is 5.89 Å². The highest BCUT2D eigenvalue weighted by atomic mass is 16.6. The Hall–Kier alpha value is -2.45. The largest absolute Gasteiger partial charge is 0.433 e. The lowest BCUT2D eigenvalue weighted by Gasteiger charge is -2.18. The molecule has 2 rings (SSSR count). The van der Waals surface area contributed by atoms with E-state index in [2.05, 4.69) is 10.2 Å². The number of aromatic nitrogens is 2. The molecule has 0 atom stereocenters. The maximum absolute atomic E-state index is 12.0. The molecule has 0 aromatic carbocycles. The van der Waals surface area contributed by atoms with Crippen molar-refractivity contribution in [2.75, 3.05) is 13.6 Å². The Morgan fingerprint density at radius 3 is 2.48 bits per heavy atom. The maximum atomic E-state index is 12.0. The Bertz CT molecular complexity index is 594. The molecule has 1 aromatic rings. The van der Waals surface area contributed by atoms with Gasteiger partial charge in [0.25, 0.3) is 5.91 Å². The van der Waals surface area contributed by atoms with Gasteiger partial charge in [0.15, 0.2) is 5.60 Å². The second kappa shape index (κ2) is 5.15. The summed E-state index contributed by atoms with van der Waals surface area (Å²) in [5.41, 5.74) is -1.24. The Labute approximate surface area is 120 Å². The molecule has 9 nitrogen and oxygen atoms in total. The second-order valence-corrected chi connectivity index (χ2v) is 5.23. The summed E-state index contributed by atoms with van der Waals surface area (Å²) in [6, 6.07) is 0. The van der Waals surface area contributed by atoms with Crippen LogP contribution in [0.3, 0.4) is 0 Å². The van der Waals surface area contributed by atoms with Crippen LogP contribution in [0.15, 0.2) is 4.42 Å². The number of hydrogen-bond donors (Lipinski definition) is 0. The number of ether oxygens (including phenoxy) is 1. The molecule has 0 radical (unpaired) electrons. The Morgan fingerprint density at radius 1 is 1.33 bits per heavy atom. The van der Waals surface area contributed by atoms with Gasteiger partial charge in [-0.2, -0.15) is 0 Å². The zero-order valence-corrected chi connectivity index (χ0v) is 12.2. The van der Waals surface area contributed by atoms with Crippen molar-refractivity contribution in [2.45, 2.75) is 32.9 Å². The Kier molecular flexibility index (Phi) is 3.67. The predicted octanol–water partition coefficient (Wildman–Crippen LogP) is 0.0938. The molecule has 114 valence electrons. The van der Waals surface area contributed by atoms with Crippen molar-refractivity contribution in [3.63, 3.8) is 0 Å². The molecule has 2 heterocycles. The number of likely N-dealkylation sites (N-methyl/N-ethyl adjacent to an activating group) is 1. The van der Waals surface area contributed by atoms with Gasteiger partial charge in [-0.05, 0) is 13.8 Å². The van der Waals surface area contributed by atoms with Crippen molar-refractivity contribution in [3.8, 4) is 0 Å². The fourth-order valence-electron chi connectivity index (χ4n) is 1.81. The third-order valence-electron chi connectivity index (χ3n) is 2.98. The molecule has 3 amide bonds. The first-order chi connectivity index (χ1) is 9.70. The molecular weight excluding hydrogens is 280 g/mol. The average Bonchev–Trinajstić information content (AvgIpc) is 2.86. The summed E-state index contributed by atoms with van der Waals surface area (Å²) < 4.78 is 10.1. The molecular formula is C12H16N4O5. The smallest absolute Gasteiger partial charge is 0.418 e. The number of hydrogen-bond acceptors (Lipinski definition) is 7. The van der Waals surface area contributed by atoms with Crippen molar-refractivity contribution < 1.29 is 23.5 Å². The molecule has 21 heavy (non-hydrogen) atoms. The normalized spacial score (nSPS) is 17.0. The van der Waals surface area contributed by atoms with Crippen molar-refractivity contribution in [1.29, 1.82) is 0 Å². The standard InChI is InChI=1S/C12H16N4O5/c1-7-13-14-8(20-7)5-15(4)9(17)6-16-10(18)12(2,3)21-11(16)19/h5-6H2,1-4H3. The third-order valence-corrected chi connectivity index (χ3v) is 2.98. The number of carbonyl (C=O) groups is 3. The molecule has 1 fully saturated rings. The number of aryl methyl sites for hydroxylation is 1. The zero-order valence-electron chi connectivity index (χ0n) is 12.2. The fourth-order valence-corrected chi connectivity index (χ4v) is 1.81. The number of imide groups is 1. The lowest BCUT2D eigenvalue weighted by Crippen LogP contribution is -2.43. The molecule has 0 bridgehead atoms. The van der Waals surface area contributed by atoms with Crippen LogP contribution in [-0.2, 0) is 20.9 Å². The summed E-state index contributed by atoms with van der Waals surface area (Å²) >= 11 is 0. The number of cyclic esters (lactones) is 1. The van der Waals surface area contributed by atoms with Gasteiger partial charge in [0.1, 0.15) is 6.54 Å². The first-order valence-electron chi connectivity index (χ1n) is 6.28. The van der Waals surface area contributed by atoms with Crippen molar-refractivity contribution >= 4 is 17.9 Å². The van der Waals surface area contributed by atoms with Gasteiger partial charge in [0.05, 0.1) is 6.54 Å². The first-order valence-corrected chi connectivity index (χ1v) is 6.28.